The lowest BCUT2D eigenvalue weighted by atomic mass is 9.96. The number of carbonyl (C=O) groups excluding carboxylic acids is 1. The van der Waals surface area contributed by atoms with Crippen LogP contribution in [-0.4, -0.2) is 5.91 Å². The quantitative estimate of drug-likeness (QED) is 0.630. The minimum absolute atomic E-state index is 0.148. The molecule has 0 saturated heterocycles. The molecule has 0 aliphatic heterocycles. The van der Waals surface area contributed by atoms with Crippen LogP contribution in [0.15, 0.2) is 66.7 Å². The smallest absolute Gasteiger partial charge is 0.231 e. The van der Waals surface area contributed by atoms with Crippen molar-refractivity contribution in [2.75, 3.05) is 5.32 Å². The van der Waals surface area contributed by atoms with Gasteiger partial charge in [0.2, 0.25) is 5.91 Å². The highest BCUT2D eigenvalue weighted by Gasteiger charge is 2.18. The number of hydrogen-bond donors (Lipinski definition) is 1. The van der Waals surface area contributed by atoms with Crippen molar-refractivity contribution in [1.29, 1.82) is 0 Å². The average Bonchev–Trinajstić information content (AvgIpc) is 2.65. The molecule has 132 valence electrons. The fourth-order valence-electron chi connectivity index (χ4n) is 2.93. The van der Waals surface area contributed by atoms with Crippen LogP contribution in [0.4, 0.5) is 10.1 Å². The van der Waals surface area contributed by atoms with Crippen molar-refractivity contribution in [3.63, 3.8) is 0 Å². The Labute approximate surface area is 153 Å². The van der Waals surface area contributed by atoms with Gasteiger partial charge in [-0.15, -0.1) is 0 Å². The van der Waals surface area contributed by atoms with Gasteiger partial charge in [-0.3, -0.25) is 4.79 Å². The van der Waals surface area contributed by atoms with Crippen molar-refractivity contribution in [2.45, 2.75) is 26.7 Å². The minimum atomic E-state index is -0.450. The van der Waals surface area contributed by atoms with E-state index in [2.05, 4.69) is 5.32 Å². The first-order valence-corrected chi connectivity index (χ1v) is 8.69. The molecule has 26 heavy (non-hydrogen) atoms. The van der Waals surface area contributed by atoms with Gasteiger partial charge in [-0.1, -0.05) is 54.6 Å². The summed E-state index contributed by atoms with van der Waals surface area (Å²) in [6.07, 6.45) is 0. The number of amides is 1. The van der Waals surface area contributed by atoms with E-state index in [0.717, 1.165) is 22.4 Å². The van der Waals surface area contributed by atoms with Gasteiger partial charge in [-0.05, 0) is 55.2 Å². The molecule has 0 spiro atoms. The van der Waals surface area contributed by atoms with Crippen molar-refractivity contribution in [2.24, 2.45) is 0 Å². The largest absolute Gasteiger partial charge is 0.325 e. The molecule has 1 amide bonds. The van der Waals surface area contributed by atoms with Gasteiger partial charge in [-0.2, -0.15) is 0 Å². The van der Waals surface area contributed by atoms with Crippen molar-refractivity contribution in [3.05, 3.63) is 89.2 Å². The van der Waals surface area contributed by atoms with Crippen LogP contribution in [0, 0.1) is 19.7 Å². The molecule has 0 bridgehead atoms. The molecular weight excluding hydrogens is 325 g/mol. The summed E-state index contributed by atoms with van der Waals surface area (Å²) in [5.41, 5.74) is 4.97. The maximum absolute atomic E-state index is 14.6. The van der Waals surface area contributed by atoms with Crippen LogP contribution in [0.3, 0.4) is 0 Å². The van der Waals surface area contributed by atoms with Gasteiger partial charge in [0.1, 0.15) is 5.82 Å². The molecule has 1 N–H and O–H groups in total. The normalized spacial score (nSPS) is 11.8. The maximum Gasteiger partial charge on any atom is 0.231 e. The Bertz CT molecular complexity index is 934. The van der Waals surface area contributed by atoms with Crippen LogP contribution in [0.5, 0.6) is 0 Å². The monoisotopic (exact) mass is 347 g/mol. The average molecular weight is 347 g/mol. The van der Waals surface area contributed by atoms with Crippen LogP contribution in [0.1, 0.15) is 29.5 Å². The molecule has 0 aliphatic rings. The van der Waals surface area contributed by atoms with Gasteiger partial charge in [0.25, 0.3) is 0 Å². The SMILES string of the molecule is Cc1cccc(NC(=O)C(C)c2ccc(-c3ccccc3)c(F)c2)c1C. The Balaban J connectivity index is 1.81. The number of carbonyl (C=O) groups is 1. The zero-order chi connectivity index (χ0) is 18.7. The van der Waals surface area contributed by atoms with E-state index in [9.17, 15) is 9.18 Å². The highest BCUT2D eigenvalue weighted by atomic mass is 19.1. The number of nitrogens with one attached hydrogen (secondary N) is 1. The lowest BCUT2D eigenvalue weighted by Gasteiger charge is -2.16. The molecule has 3 rings (SSSR count). The summed E-state index contributed by atoms with van der Waals surface area (Å²) in [7, 11) is 0. The highest BCUT2D eigenvalue weighted by molar-refractivity contribution is 5.96. The minimum Gasteiger partial charge on any atom is -0.325 e. The van der Waals surface area contributed by atoms with Gasteiger partial charge in [0.15, 0.2) is 0 Å². The summed E-state index contributed by atoms with van der Waals surface area (Å²) < 4.78 is 14.6. The molecule has 0 heterocycles. The zero-order valence-electron chi connectivity index (χ0n) is 15.2. The zero-order valence-corrected chi connectivity index (χ0v) is 15.2. The third-order valence-corrected chi connectivity index (χ3v) is 4.83. The van der Waals surface area contributed by atoms with E-state index in [4.69, 9.17) is 0 Å². The van der Waals surface area contributed by atoms with Crippen molar-refractivity contribution in [3.8, 4) is 11.1 Å². The summed E-state index contributed by atoms with van der Waals surface area (Å²) in [6, 6.07) is 20.2. The molecule has 3 aromatic carbocycles. The second-order valence-electron chi connectivity index (χ2n) is 6.56. The van der Waals surface area contributed by atoms with Crippen LogP contribution in [0.25, 0.3) is 11.1 Å². The molecule has 1 atom stereocenters. The molecule has 0 aliphatic carbocycles. The first-order valence-electron chi connectivity index (χ1n) is 8.69. The van der Waals surface area contributed by atoms with E-state index in [1.165, 1.54) is 6.07 Å². The van der Waals surface area contributed by atoms with E-state index >= 15 is 0 Å². The summed E-state index contributed by atoms with van der Waals surface area (Å²) in [5.74, 6) is -0.917. The van der Waals surface area contributed by atoms with Crippen LogP contribution < -0.4 is 5.32 Å². The lowest BCUT2D eigenvalue weighted by molar-refractivity contribution is -0.117. The number of halogens is 1. The van der Waals surface area contributed by atoms with Gasteiger partial charge in [-0.25, -0.2) is 4.39 Å². The molecule has 0 fully saturated rings. The van der Waals surface area contributed by atoms with Crippen LogP contribution >= 0.6 is 0 Å². The fraction of sp³-hybridized carbons (Fsp3) is 0.174. The third-order valence-electron chi connectivity index (χ3n) is 4.83. The third kappa shape index (κ3) is 3.67. The maximum atomic E-state index is 14.6. The van der Waals surface area contributed by atoms with E-state index < -0.39 is 5.92 Å². The first kappa shape index (κ1) is 17.9. The second kappa shape index (κ2) is 7.52. The number of hydrogen-bond acceptors (Lipinski definition) is 1. The molecule has 0 radical (unpaired) electrons. The molecule has 0 aromatic heterocycles. The van der Waals surface area contributed by atoms with Gasteiger partial charge in [0, 0.05) is 11.3 Å². The van der Waals surface area contributed by atoms with Crippen molar-refractivity contribution in [1.82, 2.24) is 0 Å². The Morgan fingerprint density at radius 1 is 0.962 bits per heavy atom. The van der Waals surface area contributed by atoms with Crippen LogP contribution in [0.2, 0.25) is 0 Å². The summed E-state index contributed by atoms with van der Waals surface area (Å²) in [4.78, 5) is 12.6. The van der Waals surface area contributed by atoms with Gasteiger partial charge >= 0.3 is 0 Å². The Hall–Kier alpha value is -2.94. The number of rotatable bonds is 4. The molecule has 3 aromatic rings. The van der Waals surface area contributed by atoms with Crippen molar-refractivity contribution < 1.29 is 9.18 Å². The first-order chi connectivity index (χ1) is 12.5. The summed E-state index contributed by atoms with van der Waals surface area (Å²) in [5, 5.41) is 2.95. The Morgan fingerprint density at radius 2 is 1.69 bits per heavy atom. The van der Waals surface area contributed by atoms with Crippen LogP contribution in [-0.2, 0) is 4.79 Å². The van der Waals surface area contributed by atoms with E-state index in [0.29, 0.717) is 11.1 Å². The predicted octanol–water partition coefficient (Wildman–Crippen LogP) is 5.85. The van der Waals surface area contributed by atoms with E-state index in [1.807, 2.05) is 68.4 Å². The summed E-state index contributed by atoms with van der Waals surface area (Å²) in [6.45, 7) is 5.77. The van der Waals surface area contributed by atoms with Gasteiger partial charge < -0.3 is 5.32 Å². The van der Waals surface area contributed by atoms with E-state index in [1.54, 1.807) is 13.0 Å². The second-order valence-corrected chi connectivity index (χ2v) is 6.56. The Morgan fingerprint density at radius 3 is 2.38 bits per heavy atom. The van der Waals surface area contributed by atoms with Crippen molar-refractivity contribution >= 4 is 11.6 Å². The lowest BCUT2D eigenvalue weighted by Crippen LogP contribution is -2.19. The highest BCUT2D eigenvalue weighted by Crippen LogP contribution is 2.27. The fourth-order valence-corrected chi connectivity index (χ4v) is 2.93. The molecule has 1 unspecified atom stereocenters. The molecule has 3 heteroatoms. The summed E-state index contributed by atoms with van der Waals surface area (Å²) >= 11 is 0. The molecule has 2 nitrogen and oxygen atoms in total. The number of anilines is 1. The van der Waals surface area contributed by atoms with E-state index in [-0.39, 0.29) is 11.7 Å². The molecular formula is C23H22FNO. The number of aryl methyl sites for hydroxylation is 1. The number of benzene rings is 3. The predicted molar refractivity (Wildman–Crippen MR) is 105 cm³/mol. The molecule has 0 saturated carbocycles. The standard InChI is InChI=1S/C23H22FNO/c1-15-8-7-11-22(16(15)2)25-23(26)17(3)19-12-13-20(21(24)14-19)18-9-5-4-6-10-18/h4-14,17H,1-3H3,(H,25,26). The Kier molecular flexibility index (Phi) is 5.17. The topological polar surface area (TPSA) is 29.1 Å². The van der Waals surface area contributed by atoms with Gasteiger partial charge in [0.05, 0.1) is 5.92 Å².